The molecule has 0 unspecified atom stereocenters. The van der Waals surface area contributed by atoms with Crippen molar-refractivity contribution < 1.29 is 24.2 Å². The van der Waals surface area contributed by atoms with Crippen LogP contribution in [0.1, 0.15) is 25.0 Å². The van der Waals surface area contributed by atoms with E-state index in [1.165, 1.54) is 0 Å². The molecule has 6 heteroatoms. The van der Waals surface area contributed by atoms with Gasteiger partial charge in [-0.25, -0.2) is 4.79 Å². The molecule has 0 aliphatic heterocycles. The molecule has 0 fully saturated rings. The van der Waals surface area contributed by atoms with Crippen molar-refractivity contribution in [3.8, 4) is 16.9 Å². The second-order valence-electron chi connectivity index (χ2n) is 7.67. The third-order valence-electron chi connectivity index (χ3n) is 5.17. The summed E-state index contributed by atoms with van der Waals surface area (Å²) in [5, 5.41) is 12.1. The lowest BCUT2D eigenvalue weighted by molar-refractivity contribution is -0.150. The molecule has 0 spiro atoms. The second kappa shape index (κ2) is 11.8. The molecule has 0 radical (unpaired) electrons. The van der Waals surface area contributed by atoms with Crippen LogP contribution in [0.15, 0.2) is 78.9 Å². The molecule has 0 saturated heterocycles. The van der Waals surface area contributed by atoms with Crippen molar-refractivity contribution in [1.82, 2.24) is 5.32 Å². The molecule has 0 heterocycles. The van der Waals surface area contributed by atoms with Crippen molar-refractivity contribution in [3.63, 3.8) is 0 Å². The first kappa shape index (κ1) is 24.0. The Morgan fingerprint density at radius 2 is 1.61 bits per heavy atom. The highest BCUT2D eigenvalue weighted by Crippen LogP contribution is 2.20. The minimum Gasteiger partial charge on any atom is -0.481 e. The topological polar surface area (TPSA) is 84.9 Å². The minimum atomic E-state index is -0.989. The smallest absolute Gasteiger partial charge is 0.333 e. The van der Waals surface area contributed by atoms with Crippen molar-refractivity contribution in [1.29, 1.82) is 0 Å². The largest absolute Gasteiger partial charge is 0.481 e. The van der Waals surface area contributed by atoms with Crippen LogP contribution >= 0.6 is 0 Å². The number of rotatable bonds is 11. The van der Waals surface area contributed by atoms with E-state index in [0.29, 0.717) is 18.9 Å². The Morgan fingerprint density at radius 3 is 2.27 bits per heavy atom. The summed E-state index contributed by atoms with van der Waals surface area (Å²) >= 11 is 0. The first-order valence-corrected chi connectivity index (χ1v) is 11.0. The number of carboxylic acids is 1. The molecule has 0 saturated carbocycles. The average molecular weight is 448 g/mol. The van der Waals surface area contributed by atoms with Gasteiger partial charge in [-0.05, 0) is 54.3 Å². The van der Waals surface area contributed by atoms with Gasteiger partial charge >= 0.3 is 5.97 Å². The fourth-order valence-corrected chi connectivity index (χ4v) is 3.42. The fourth-order valence-electron chi connectivity index (χ4n) is 3.42. The molecule has 0 bridgehead atoms. The van der Waals surface area contributed by atoms with Crippen molar-refractivity contribution in [2.45, 2.75) is 39.0 Å². The van der Waals surface area contributed by atoms with E-state index in [-0.39, 0.29) is 12.3 Å². The van der Waals surface area contributed by atoms with Crippen LogP contribution in [0.2, 0.25) is 0 Å². The van der Waals surface area contributed by atoms with Crippen molar-refractivity contribution in [3.05, 3.63) is 90.0 Å². The first-order valence-electron chi connectivity index (χ1n) is 11.0. The van der Waals surface area contributed by atoms with Crippen LogP contribution < -0.4 is 10.1 Å². The summed E-state index contributed by atoms with van der Waals surface area (Å²) in [5.74, 6) is -0.668. The van der Waals surface area contributed by atoms with Gasteiger partial charge < -0.3 is 19.9 Å². The number of ether oxygens (including phenoxy) is 2. The monoisotopic (exact) mass is 447 g/mol. The van der Waals surface area contributed by atoms with E-state index in [4.69, 9.17) is 9.47 Å². The number of carbonyl (C=O) groups excluding carboxylic acids is 1. The summed E-state index contributed by atoms with van der Waals surface area (Å²) in [6, 6.07) is 25.2. The van der Waals surface area contributed by atoms with Gasteiger partial charge in [-0.15, -0.1) is 0 Å². The molecule has 0 aliphatic rings. The van der Waals surface area contributed by atoms with E-state index in [2.05, 4.69) is 23.5 Å². The molecular weight excluding hydrogens is 418 g/mol. The molecule has 33 heavy (non-hydrogen) atoms. The summed E-state index contributed by atoms with van der Waals surface area (Å²) in [6.45, 7) is 4.19. The second-order valence-corrected chi connectivity index (χ2v) is 7.67. The number of nitrogens with one attached hydrogen (secondary N) is 1. The van der Waals surface area contributed by atoms with Gasteiger partial charge in [-0.2, -0.15) is 0 Å². The molecule has 0 aliphatic carbocycles. The summed E-state index contributed by atoms with van der Waals surface area (Å²) < 4.78 is 11.0. The first-order chi connectivity index (χ1) is 16.0. The average Bonchev–Trinajstić information content (AvgIpc) is 2.84. The number of carboxylic acid groups (broad SMARTS) is 1. The van der Waals surface area contributed by atoms with Crippen LogP contribution in [0.4, 0.5) is 0 Å². The predicted octanol–water partition coefficient (Wildman–Crippen LogP) is 4.47. The molecule has 2 atom stereocenters. The van der Waals surface area contributed by atoms with Crippen LogP contribution in [0.5, 0.6) is 5.75 Å². The number of aliphatic carboxylic acids is 1. The molecule has 6 nitrogen and oxygen atoms in total. The lowest BCUT2D eigenvalue weighted by Gasteiger charge is -2.16. The SMILES string of the molecule is CCO[C@@H](Cc1ccc(O[C@@H](C)C(=O)NCc2cccc(-c3ccccc3)c2)cc1)C(=O)O. The highest BCUT2D eigenvalue weighted by atomic mass is 16.5. The van der Waals surface area contributed by atoms with Crippen molar-refractivity contribution >= 4 is 11.9 Å². The third-order valence-corrected chi connectivity index (χ3v) is 5.17. The molecule has 0 aromatic heterocycles. The van der Waals surface area contributed by atoms with Gasteiger partial charge in [0.25, 0.3) is 5.91 Å². The molecule has 3 aromatic carbocycles. The van der Waals surface area contributed by atoms with E-state index in [9.17, 15) is 14.7 Å². The van der Waals surface area contributed by atoms with Gasteiger partial charge in [0.05, 0.1) is 0 Å². The molecule has 3 aromatic rings. The van der Waals surface area contributed by atoms with E-state index in [0.717, 1.165) is 22.3 Å². The zero-order chi connectivity index (χ0) is 23.6. The predicted molar refractivity (Wildman–Crippen MR) is 127 cm³/mol. The maximum absolute atomic E-state index is 12.5. The van der Waals surface area contributed by atoms with Crippen LogP contribution in [-0.2, 0) is 27.3 Å². The highest BCUT2D eigenvalue weighted by molar-refractivity contribution is 5.80. The number of hydrogen-bond acceptors (Lipinski definition) is 4. The summed E-state index contributed by atoms with van der Waals surface area (Å²) in [5.41, 5.74) is 4.05. The number of carbonyl (C=O) groups is 2. The number of hydrogen-bond donors (Lipinski definition) is 2. The fraction of sp³-hybridized carbons (Fsp3) is 0.259. The van der Waals surface area contributed by atoms with E-state index in [1.54, 1.807) is 38.1 Å². The summed E-state index contributed by atoms with van der Waals surface area (Å²) in [7, 11) is 0. The van der Waals surface area contributed by atoms with Gasteiger partial charge in [0.15, 0.2) is 12.2 Å². The number of benzene rings is 3. The molecule has 172 valence electrons. The standard InChI is InChI=1S/C27H29NO5/c1-3-32-25(27(30)31)17-20-12-14-24(15-13-20)33-19(2)26(29)28-18-21-8-7-11-23(16-21)22-9-5-4-6-10-22/h4-16,19,25H,3,17-18H2,1-2H3,(H,28,29)(H,30,31)/t19-,25-/m0/s1. The van der Waals surface area contributed by atoms with Crippen molar-refractivity contribution in [2.24, 2.45) is 0 Å². The molecule has 2 N–H and O–H groups in total. The Morgan fingerprint density at radius 1 is 0.909 bits per heavy atom. The summed E-state index contributed by atoms with van der Waals surface area (Å²) in [6.07, 6.45) is -1.29. The third kappa shape index (κ3) is 7.19. The Hall–Kier alpha value is -3.64. The van der Waals surface area contributed by atoms with Gasteiger partial charge in [-0.3, -0.25) is 4.79 Å². The number of amides is 1. The Labute approximate surface area is 194 Å². The summed E-state index contributed by atoms with van der Waals surface area (Å²) in [4.78, 5) is 23.8. The minimum absolute atomic E-state index is 0.216. The lowest BCUT2D eigenvalue weighted by atomic mass is 10.0. The van der Waals surface area contributed by atoms with Crippen LogP contribution in [0.25, 0.3) is 11.1 Å². The quantitative estimate of drug-likeness (QED) is 0.453. The van der Waals surface area contributed by atoms with Gasteiger partial charge in [0, 0.05) is 19.6 Å². The van der Waals surface area contributed by atoms with E-state index < -0.39 is 18.2 Å². The van der Waals surface area contributed by atoms with Crippen LogP contribution in [-0.4, -0.2) is 35.8 Å². The molecule has 1 amide bonds. The van der Waals surface area contributed by atoms with Crippen molar-refractivity contribution in [2.75, 3.05) is 6.61 Å². The Balaban J connectivity index is 1.52. The Kier molecular flexibility index (Phi) is 8.61. The molecular formula is C27H29NO5. The van der Waals surface area contributed by atoms with Gasteiger partial charge in [-0.1, -0.05) is 60.7 Å². The zero-order valence-electron chi connectivity index (χ0n) is 18.9. The lowest BCUT2D eigenvalue weighted by Crippen LogP contribution is -2.35. The highest BCUT2D eigenvalue weighted by Gasteiger charge is 2.18. The van der Waals surface area contributed by atoms with Crippen LogP contribution in [0.3, 0.4) is 0 Å². The van der Waals surface area contributed by atoms with E-state index in [1.807, 2.05) is 36.4 Å². The van der Waals surface area contributed by atoms with Crippen LogP contribution in [0, 0.1) is 0 Å². The Bertz CT molecular complexity index is 1050. The maximum atomic E-state index is 12.5. The van der Waals surface area contributed by atoms with Gasteiger partial charge in [0.2, 0.25) is 0 Å². The van der Waals surface area contributed by atoms with Gasteiger partial charge in [0.1, 0.15) is 5.75 Å². The zero-order valence-corrected chi connectivity index (χ0v) is 18.9. The van der Waals surface area contributed by atoms with E-state index >= 15 is 0 Å². The maximum Gasteiger partial charge on any atom is 0.333 e. The normalized spacial score (nSPS) is 12.5. The molecule has 3 rings (SSSR count).